The quantitative estimate of drug-likeness (QED) is 0.812. The van der Waals surface area contributed by atoms with Gasteiger partial charge in [0.2, 0.25) is 5.91 Å². The Balaban J connectivity index is 1.83. The Morgan fingerprint density at radius 3 is 2.81 bits per heavy atom. The summed E-state index contributed by atoms with van der Waals surface area (Å²) in [5.41, 5.74) is 7.50. The second-order valence-corrected chi connectivity index (χ2v) is 5.47. The highest BCUT2D eigenvalue weighted by Crippen LogP contribution is 2.21. The van der Waals surface area contributed by atoms with Gasteiger partial charge in [-0.15, -0.1) is 0 Å². The van der Waals surface area contributed by atoms with Gasteiger partial charge in [0.1, 0.15) is 5.82 Å². The SMILES string of the molecule is CC(=O)N1CCCN(c2ccc3cc(N)ccc3n2)CC1. The third-order valence-corrected chi connectivity index (χ3v) is 3.96. The first-order valence-electron chi connectivity index (χ1n) is 7.30. The van der Waals surface area contributed by atoms with Crippen LogP contribution in [0.1, 0.15) is 13.3 Å². The molecule has 1 aliphatic rings. The van der Waals surface area contributed by atoms with Crippen LogP contribution >= 0.6 is 0 Å². The minimum absolute atomic E-state index is 0.152. The second-order valence-electron chi connectivity index (χ2n) is 5.47. The van der Waals surface area contributed by atoms with Crippen LogP contribution in [0.2, 0.25) is 0 Å². The number of hydrogen-bond acceptors (Lipinski definition) is 4. The highest BCUT2D eigenvalue weighted by molar-refractivity contribution is 5.83. The summed E-state index contributed by atoms with van der Waals surface area (Å²) in [7, 11) is 0. The normalized spacial score (nSPS) is 16.0. The molecule has 0 spiro atoms. The third-order valence-electron chi connectivity index (χ3n) is 3.96. The standard InChI is InChI=1S/C16H20N4O/c1-12(21)19-7-2-8-20(10-9-19)16-6-3-13-11-14(17)4-5-15(13)18-16/h3-6,11H,2,7-10,17H2,1H3. The summed E-state index contributed by atoms with van der Waals surface area (Å²) >= 11 is 0. The molecule has 5 heteroatoms. The van der Waals surface area contributed by atoms with Gasteiger partial charge in [-0.1, -0.05) is 0 Å². The Labute approximate surface area is 124 Å². The van der Waals surface area contributed by atoms with Crippen molar-refractivity contribution >= 4 is 28.3 Å². The Kier molecular flexibility index (Phi) is 3.64. The van der Waals surface area contributed by atoms with Gasteiger partial charge in [-0.05, 0) is 36.8 Å². The van der Waals surface area contributed by atoms with E-state index in [9.17, 15) is 4.79 Å². The molecule has 1 aliphatic heterocycles. The number of nitrogen functional groups attached to an aromatic ring is 1. The number of hydrogen-bond donors (Lipinski definition) is 1. The van der Waals surface area contributed by atoms with Crippen LogP contribution in [-0.2, 0) is 4.79 Å². The fourth-order valence-electron chi connectivity index (χ4n) is 2.77. The van der Waals surface area contributed by atoms with Gasteiger partial charge in [-0.3, -0.25) is 4.79 Å². The van der Waals surface area contributed by atoms with E-state index >= 15 is 0 Å². The molecule has 0 saturated carbocycles. The number of amides is 1. The number of aromatic nitrogens is 1. The average Bonchev–Trinajstić information content (AvgIpc) is 2.72. The molecule has 0 bridgehead atoms. The van der Waals surface area contributed by atoms with E-state index in [2.05, 4.69) is 11.0 Å². The minimum Gasteiger partial charge on any atom is -0.399 e. The lowest BCUT2D eigenvalue weighted by Crippen LogP contribution is -2.33. The zero-order valence-electron chi connectivity index (χ0n) is 12.2. The smallest absolute Gasteiger partial charge is 0.219 e. The molecule has 0 radical (unpaired) electrons. The largest absolute Gasteiger partial charge is 0.399 e. The van der Waals surface area contributed by atoms with E-state index in [1.165, 1.54) is 0 Å². The van der Waals surface area contributed by atoms with Crippen molar-refractivity contribution in [2.45, 2.75) is 13.3 Å². The Morgan fingerprint density at radius 1 is 1.14 bits per heavy atom. The van der Waals surface area contributed by atoms with E-state index in [-0.39, 0.29) is 5.91 Å². The van der Waals surface area contributed by atoms with Crippen molar-refractivity contribution in [1.82, 2.24) is 9.88 Å². The maximum absolute atomic E-state index is 11.5. The molecule has 1 aromatic carbocycles. The lowest BCUT2D eigenvalue weighted by atomic mass is 10.2. The van der Waals surface area contributed by atoms with Crippen LogP contribution in [0.25, 0.3) is 10.9 Å². The number of fused-ring (bicyclic) bond motifs is 1. The van der Waals surface area contributed by atoms with Crippen molar-refractivity contribution in [2.75, 3.05) is 36.8 Å². The molecule has 5 nitrogen and oxygen atoms in total. The number of anilines is 2. The van der Waals surface area contributed by atoms with Crippen molar-refractivity contribution in [1.29, 1.82) is 0 Å². The third kappa shape index (κ3) is 2.91. The van der Waals surface area contributed by atoms with Crippen LogP contribution in [0.15, 0.2) is 30.3 Å². The summed E-state index contributed by atoms with van der Waals surface area (Å²) in [6.07, 6.45) is 0.973. The number of rotatable bonds is 1. The molecule has 1 amide bonds. The minimum atomic E-state index is 0.152. The predicted molar refractivity (Wildman–Crippen MR) is 85.2 cm³/mol. The van der Waals surface area contributed by atoms with Gasteiger partial charge in [0.05, 0.1) is 5.52 Å². The molecule has 1 aromatic heterocycles. The first-order valence-corrected chi connectivity index (χ1v) is 7.30. The van der Waals surface area contributed by atoms with Crippen LogP contribution in [0.4, 0.5) is 11.5 Å². The van der Waals surface area contributed by atoms with Crippen LogP contribution in [0.5, 0.6) is 0 Å². The molecule has 1 saturated heterocycles. The first kappa shape index (κ1) is 13.7. The molecular formula is C16H20N4O. The van der Waals surface area contributed by atoms with Crippen LogP contribution in [-0.4, -0.2) is 42.0 Å². The van der Waals surface area contributed by atoms with Crippen molar-refractivity contribution in [3.63, 3.8) is 0 Å². The molecule has 2 N–H and O–H groups in total. The molecule has 2 heterocycles. The van der Waals surface area contributed by atoms with Gasteiger partial charge in [0, 0.05) is 44.2 Å². The summed E-state index contributed by atoms with van der Waals surface area (Å²) in [4.78, 5) is 20.4. The molecular weight excluding hydrogens is 264 g/mol. The number of pyridine rings is 1. The number of benzene rings is 1. The molecule has 110 valence electrons. The lowest BCUT2D eigenvalue weighted by Gasteiger charge is -2.22. The highest BCUT2D eigenvalue weighted by atomic mass is 16.2. The number of carbonyl (C=O) groups excluding carboxylic acids is 1. The van der Waals surface area contributed by atoms with Gasteiger partial charge >= 0.3 is 0 Å². The lowest BCUT2D eigenvalue weighted by molar-refractivity contribution is -0.128. The summed E-state index contributed by atoms with van der Waals surface area (Å²) in [6, 6.07) is 9.85. The van der Waals surface area contributed by atoms with E-state index in [4.69, 9.17) is 10.7 Å². The molecule has 0 atom stereocenters. The van der Waals surface area contributed by atoms with E-state index in [0.29, 0.717) is 0 Å². The second kappa shape index (κ2) is 5.60. The van der Waals surface area contributed by atoms with Gasteiger partial charge in [-0.25, -0.2) is 4.98 Å². The highest BCUT2D eigenvalue weighted by Gasteiger charge is 2.17. The van der Waals surface area contributed by atoms with Gasteiger partial charge in [0.15, 0.2) is 0 Å². The van der Waals surface area contributed by atoms with Crippen LogP contribution < -0.4 is 10.6 Å². The first-order chi connectivity index (χ1) is 10.1. The van der Waals surface area contributed by atoms with Gasteiger partial charge in [0.25, 0.3) is 0 Å². The monoisotopic (exact) mass is 284 g/mol. The number of nitrogens with zero attached hydrogens (tertiary/aromatic N) is 3. The van der Waals surface area contributed by atoms with Crippen LogP contribution in [0, 0.1) is 0 Å². The predicted octanol–water partition coefficient (Wildman–Crippen LogP) is 1.88. The van der Waals surface area contributed by atoms with Crippen molar-refractivity contribution in [2.24, 2.45) is 0 Å². The maximum Gasteiger partial charge on any atom is 0.219 e. The van der Waals surface area contributed by atoms with Gasteiger partial charge in [-0.2, -0.15) is 0 Å². The molecule has 3 rings (SSSR count). The number of nitrogens with two attached hydrogens (primary N) is 1. The van der Waals surface area contributed by atoms with Crippen LogP contribution in [0.3, 0.4) is 0 Å². The fourth-order valence-corrected chi connectivity index (χ4v) is 2.77. The maximum atomic E-state index is 11.5. The fraction of sp³-hybridized carbons (Fsp3) is 0.375. The molecule has 0 aliphatic carbocycles. The Morgan fingerprint density at radius 2 is 2.00 bits per heavy atom. The molecule has 1 fully saturated rings. The van der Waals surface area contributed by atoms with Crippen molar-refractivity contribution < 1.29 is 4.79 Å². The molecule has 0 unspecified atom stereocenters. The van der Waals surface area contributed by atoms with Gasteiger partial charge < -0.3 is 15.5 Å². The van der Waals surface area contributed by atoms with E-state index in [0.717, 1.165) is 55.0 Å². The zero-order chi connectivity index (χ0) is 14.8. The van der Waals surface area contributed by atoms with Crippen molar-refractivity contribution in [3.05, 3.63) is 30.3 Å². The number of carbonyl (C=O) groups is 1. The summed E-state index contributed by atoms with van der Waals surface area (Å²) in [6.45, 7) is 4.98. The van der Waals surface area contributed by atoms with Crippen molar-refractivity contribution in [3.8, 4) is 0 Å². The molecule has 21 heavy (non-hydrogen) atoms. The molecule has 2 aromatic rings. The summed E-state index contributed by atoms with van der Waals surface area (Å²) in [5, 5.41) is 1.05. The topological polar surface area (TPSA) is 62.5 Å². The van der Waals surface area contributed by atoms with E-state index in [1.807, 2.05) is 29.2 Å². The summed E-state index contributed by atoms with van der Waals surface area (Å²) < 4.78 is 0. The van der Waals surface area contributed by atoms with E-state index in [1.54, 1.807) is 6.92 Å². The summed E-state index contributed by atoms with van der Waals surface area (Å²) in [5.74, 6) is 1.12. The Hall–Kier alpha value is -2.30. The van der Waals surface area contributed by atoms with E-state index < -0.39 is 0 Å². The average molecular weight is 284 g/mol. The Bertz CT molecular complexity index is 670. The zero-order valence-corrected chi connectivity index (χ0v) is 12.2.